The second-order valence-electron chi connectivity index (χ2n) is 7.94. The molecule has 3 aromatic rings. The van der Waals surface area contributed by atoms with Gasteiger partial charge in [-0.25, -0.2) is 9.97 Å². The highest BCUT2D eigenvalue weighted by Gasteiger charge is 2.29. The topological polar surface area (TPSA) is 110 Å². The van der Waals surface area contributed by atoms with Crippen molar-refractivity contribution >= 4 is 11.7 Å². The van der Waals surface area contributed by atoms with Crippen LogP contribution in [-0.4, -0.2) is 39.1 Å². The SMILES string of the molecule is CCCc1noc(-c2cnc(C)nc2N2CCCC(C(=O)NCc3ccc(C)o3)C2)n1. The van der Waals surface area contributed by atoms with E-state index in [1.54, 1.807) is 6.20 Å². The van der Waals surface area contributed by atoms with Crippen molar-refractivity contribution in [1.29, 1.82) is 0 Å². The van der Waals surface area contributed by atoms with Crippen molar-refractivity contribution in [3.8, 4) is 11.5 Å². The van der Waals surface area contributed by atoms with Crippen molar-refractivity contribution in [2.75, 3.05) is 18.0 Å². The summed E-state index contributed by atoms with van der Waals surface area (Å²) in [7, 11) is 0. The minimum atomic E-state index is -0.133. The van der Waals surface area contributed by atoms with Crippen molar-refractivity contribution in [3.63, 3.8) is 0 Å². The summed E-state index contributed by atoms with van der Waals surface area (Å²) in [6.07, 6.45) is 5.15. The van der Waals surface area contributed by atoms with E-state index in [0.29, 0.717) is 36.2 Å². The van der Waals surface area contributed by atoms with Gasteiger partial charge in [-0.2, -0.15) is 4.98 Å². The molecule has 1 amide bonds. The van der Waals surface area contributed by atoms with Crippen molar-refractivity contribution in [2.24, 2.45) is 5.92 Å². The van der Waals surface area contributed by atoms with E-state index in [-0.39, 0.29) is 11.8 Å². The van der Waals surface area contributed by atoms with Crippen LogP contribution in [-0.2, 0) is 17.8 Å². The van der Waals surface area contributed by atoms with Gasteiger partial charge < -0.3 is 19.2 Å². The smallest absolute Gasteiger partial charge is 0.263 e. The van der Waals surface area contributed by atoms with Crippen LogP contribution in [0.5, 0.6) is 0 Å². The summed E-state index contributed by atoms with van der Waals surface area (Å²) in [6.45, 7) is 7.58. The summed E-state index contributed by atoms with van der Waals surface area (Å²) in [5, 5.41) is 7.05. The summed E-state index contributed by atoms with van der Waals surface area (Å²) in [6, 6.07) is 3.78. The molecule has 164 valence electrons. The third kappa shape index (κ3) is 4.92. The normalized spacial score (nSPS) is 16.5. The lowest BCUT2D eigenvalue weighted by Gasteiger charge is -2.33. The Hall–Kier alpha value is -3.23. The number of nitrogens with one attached hydrogen (secondary N) is 1. The highest BCUT2D eigenvalue weighted by atomic mass is 16.5. The second-order valence-corrected chi connectivity index (χ2v) is 7.94. The van der Waals surface area contributed by atoms with Crippen molar-refractivity contribution < 1.29 is 13.7 Å². The van der Waals surface area contributed by atoms with E-state index in [1.165, 1.54) is 0 Å². The van der Waals surface area contributed by atoms with Crippen molar-refractivity contribution in [3.05, 3.63) is 41.5 Å². The summed E-state index contributed by atoms with van der Waals surface area (Å²) in [5.74, 6) is 3.96. The summed E-state index contributed by atoms with van der Waals surface area (Å²) in [4.78, 5) is 28.4. The van der Waals surface area contributed by atoms with Gasteiger partial charge in [0.25, 0.3) is 5.89 Å². The van der Waals surface area contributed by atoms with Gasteiger partial charge in [0.15, 0.2) is 5.82 Å². The Labute approximate surface area is 181 Å². The minimum Gasteiger partial charge on any atom is -0.465 e. The Morgan fingerprint density at radius 2 is 2.16 bits per heavy atom. The maximum Gasteiger partial charge on any atom is 0.263 e. The fourth-order valence-corrected chi connectivity index (χ4v) is 3.82. The number of piperidine rings is 1. The number of anilines is 1. The molecule has 4 rings (SSSR count). The van der Waals surface area contributed by atoms with Gasteiger partial charge in [0.2, 0.25) is 5.91 Å². The largest absolute Gasteiger partial charge is 0.465 e. The zero-order valence-corrected chi connectivity index (χ0v) is 18.2. The first-order valence-electron chi connectivity index (χ1n) is 10.8. The molecule has 1 unspecified atom stereocenters. The first-order chi connectivity index (χ1) is 15.0. The zero-order chi connectivity index (χ0) is 21.8. The van der Waals surface area contributed by atoms with Gasteiger partial charge in [0.05, 0.1) is 12.5 Å². The molecule has 9 heteroatoms. The van der Waals surface area contributed by atoms with Crippen LogP contribution < -0.4 is 10.2 Å². The van der Waals surface area contributed by atoms with Gasteiger partial charge in [0, 0.05) is 25.7 Å². The first-order valence-corrected chi connectivity index (χ1v) is 10.8. The number of nitrogens with zero attached hydrogens (tertiary/aromatic N) is 5. The molecule has 3 aromatic heterocycles. The average Bonchev–Trinajstić information content (AvgIpc) is 3.41. The third-order valence-electron chi connectivity index (χ3n) is 5.39. The maximum absolute atomic E-state index is 12.8. The monoisotopic (exact) mass is 424 g/mol. The van der Waals surface area contributed by atoms with E-state index in [9.17, 15) is 4.79 Å². The molecule has 0 bridgehead atoms. The quantitative estimate of drug-likeness (QED) is 0.616. The number of carbonyl (C=O) groups is 1. The van der Waals surface area contributed by atoms with Crippen LogP contribution in [0.4, 0.5) is 5.82 Å². The number of hydrogen-bond donors (Lipinski definition) is 1. The molecule has 1 aliphatic rings. The van der Waals surface area contributed by atoms with E-state index < -0.39 is 0 Å². The zero-order valence-electron chi connectivity index (χ0n) is 18.2. The lowest BCUT2D eigenvalue weighted by molar-refractivity contribution is -0.125. The molecule has 1 fully saturated rings. The number of aryl methyl sites for hydroxylation is 3. The van der Waals surface area contributed by atoms with E-state index in [1.807, 2.05) is 26.0 Å². The Balaban J connectivity index is 1.49. The predicted molar refractivity (Wildman–Crippen MR) is 114 cm³/mol. The average molecular weight is 425 g/mol. The van der Waals surface area contributed by atoms with Crippen molar-refractivity contribution in [1.82, 2.24) is 25.4 Å². The minimum absolute atomic E-state index is 0.0223. The summed E-state index contributed by atoms with van der Waals surface area (Å²) >= 11 is 0. The predicted octanol–water partition coefficient (Wildman–Crippen LogP) is 3.22. The van der Waals surface area contributed by atoms with Crippen molar-refractivity contribution in [2.45, 2.75) is 53.0 Å². The van der Waals surface area contributed by atoms with E-state index >= 15 is 0 Å². The van der Waals surface area contributed by atoms with Gasteiger partial charge >= 0.3 is 0 Å². The summed E-state index contributed by atoms with van der Waals surface area (Å²) in [5.41, 5.74) is 0.701. The molecule has 1 N–H and O–H groups in total. The Morgan fingerprint density at radius 3 is 2.94 bits per heavy atom. The fourth-order valence-electron chi connectivity index (χ4n) is 3.82. The standard InChI is InChI=1S/C22H28N6O3/c1-4-6-19-26-22(31-27-19)18-12-23-15(3)25-20(18)28-10-5-7-16(13-28)21(29)24-11-17-9-8-14(2)30-17/h8-9,12,16H,4-7,10-11,13H2,1-3H3,(H,24,29). The third-order valence-corrected chi connectivity index (χ3v) is 5.39. The van der Waals surface area contributed by atoms with Gasteiger partial charge in [0.1, 0.15) is 28.7 Å². The number of aromatic nitrogens is 4. The molecule has 1 atom stereocenters. The molecule has 9 nitrogen and oxygen atoms in total. The number of furan rings is 1. The molecule has 0 saturated carbocycles. The van der Waals surface area contributed by atoms with Crippen LogP contribution >= 0.6 is 0 Å². The van der Waals surface area contributed by atoms with Gasteiger partial charge in [-0.3, -0.25) is 4.79 Å². The maximum atomic E-state index is 12.8. The molecule has 0 aromatic carbocycles. The van der Waals surface area contributed by atoms with Crippen LogP contribution in [0.2, 0.25) is 0 Å². The molecule has 0 spiro atoms. The molecule has 1 aliphatic heterocycles. The Kier molecular flexibility index (Phi) is 6.29. The number of rotatable bonds is 7. The van der Waals surface area contributed by atoms with Crippen LogP contribution in [0.15, 0.2) is 27.3 Å². The first kappa shape index (κ1) is 21.0. The van der Waals surface area contributed by atoms with E-state index in [0.717, 1.165) is 49.6 Å². The molecule has 1 saturated heterocycles. The number of amides is 1. The Morgan fingerprint density at radius 1 is 1.29 bits per heavy atom. The lowest BCUT2D eigenvalue weighted by atomic mass is 9.96. The molecule has 31 heavy (non-hydrogen) atoms. The van der Waals surface area contributed by atoms with Crippen LogP contribution in [0.1, 0.15) is 49.4 Å². The summed E-state index contributed by atoms with van der Waals surface area (Å²) < 4.78 is 11.0. The molecule has 4 heterocycles. The highest BCUT2D eigenvalue weighted by molar-refractivity contribution is 5.80. The van der Waals surface area contributed by atoms with Crippen LogP contribution in [0.3, 0.4) is 0 Å². The van der Waals surface area contributed by atoms with Gasteiger partial charge in [-0.1, -0.05) is 12.1 Å². The highest BCUT2D eigenvalue weighted by Crippen LogP contribution is 2.31. The van der Waals surface area contributed by atoms with E-state index in [2.05, 4.69) is 37.2 Å². The van der Waals surface area contributed by atoms with E-state index in [4.69, 9.17) is 8.94 Å². The Bertz CT molecular complexity index is 1040. The molecule has 0 aliphatic carbocycles. The fraction of sp³-hybridized carbons (Fsp3) is 0.500. The lowest BCUT2D eigenvalue weighted by Crippen LogP contribution is -2.43. The van der Waals surface area contributed by atoms with Crippen LogP contribution in [0.25, 0.3) is 11.5 Å². The number of carbonyl (C=O) groups excluding carboxylic acids is 1. The molecular weight excluding hydrogens is 396 g/mol. The number of hydrogen-bond acceptors (Lipinski definition) is 8. The van der Waals surface area contributed by atoms with Crippen LogP contribution in [0, 0.1) is 19.8 Å². The molecular formula is C22H28N6O3. The van der Waals surface area contributed by atoms with Gasteiger partial charge in [-0.05, 0) is 45.2 Å². The molecule has 0 radical (unpaired) electrons. The van der Waals surface area contributed by atoms with Gasteiger partial charge in [-0.15, -0.1) is 0 Å². The second kappa shape index (κ2) is 9.28.